The Balaban J connectivity index is 4.25. The molecule has 0 aromatic carbocycles. The van der Waals surface area contributed by atoms with Crippen LogP contribution in [-0.4, -0.2) is 26.0 Å². The second kappa shape index (κ2) is 4.72. The van der Waals surface area contributed by atoms with Gasteiger partial charge in [-0.15, -0.1) is 0 Å². The zero-order valence-corrected chi connectivity index (χ0v) is 8.02. The highest BCUT2D eigenvalue weighted by Gasteiger charge is 2.20. The summed E-state index contributed by atoms with van der Waals surface area (Å²) in [5, 5.41) is -0.225. The molecule has 0 spiro atoms. The van der Waals surface area contributed by atoms with Crippen LogP contribution < -0.4 is 5.73 Å². The third-order valence-electron chi connectivity index (χ3n) is 1.85. The third-order valence-corrected chi connectivity index (χ3v) is 4.24. The Morgan fingerprint density at radius 2 is 1.91 bits per heavy atom. The van der Waals surface area contributed by atoms with Gasteiger partial charge in [0.2, 0.25) is 0 Å². The molecule has 0 saturated carbocycles. The van der Waals surface area contributed by atoms with E-state index >= 15 is 0 Å². The van der Waals surface area contributed by atoms with Crippen molar-refractivity contribution in [3.05, 3.63) is 0 Å². The molecule has 3 nitrogen and oxygen atoms in total. The van der Waals surface area contributed by atoms with Crippen LogP contribution in [0.4, 0.5) is 0 Å². The zero-order chi connectivity index (χ0) is 8.91. The van der Waals surface area contributed by atoms with Crippen LogP contribution in [0, 0.1) is 0 Å². The molecule has 68 valence electrons. The van der Waals surface area contributed by atoms with E-state index in [0.717, 1.165) is 0 Å². The molecule has 0 amide bonds. The molecule has 0 aliphatic carbocycles. The van der Waals surface area contributed by atoms with Crippen LogP contribution in [0.2, 0.25) is 0 Å². The summed E-state index contributed by atoms with van der Waals surface area (Å²) < 4.78 is 22.5. The molecule has 0 saturated heterocycles. The van der Waals surface area contributed by atoms with Crippen molar-refractivity contribution in [2.24, 2.45) is 5.73 Å². The van der Waals surface area contributed by atoms with E-state index in [9.17, 15) is 8.42 Å². The number of sulfone groups is 1. The number of nitrogens with two attached hydrogens (primary N) is 1. The van der Waals surface area contributed by atoms with Gasteiger partial charge in [-0.1, -0.05) is 13.8 Å². The largest absolute Gasteiger partial charge is 0.330 e. The summed E-state index contributed by atoms with van der Waals surface area (Å²) in [6, 6.07) is 0. The molecule has 0 fully saturated rings. The van der Waals surface area contributed by atoms with Crippen molar-refractivity contribution in [1.29, 1.82) is 0 Å². The molecule has 4 heteroatoms. The van der Waals surface area contributed by atoms with E-state index in [4.69, 9.17) is 5.73 Å². The summed E-state index contributed by atoms with van der Waals surface area (Å²) in [6.07, 6.45) is 1.26. The monoisotopic (exact) mass is 179 g/mol. The Labute approximate surface area is 68.9 Å². The molecular formula is C7H17NO2S. The smallest absolute Gasteiger partial charge is 0.152 e. The van der Waals surface area contributed by atoms with Gasteiger partial charge in [0.1, 0.15) is 0 Å². The summed E-state index contributed by atoms with van der Waals surface area (Å²) in [5.41, 5.74) is 5.29. The first-order chi connectivity index (χ1) is 5.08. The molecule has 0 bridgehead atoms. The number of rotatable bonds is 5. The summed E-state index contributed by atoms with van der Waals surface area (Å²) in [5.74, 6) is 0.228. The van der Waals surface area contributed by atoms with Crippen LogP contribution in [0.25, 0.3) is 0 Å². The van der Waals surface area contributed by atoms with Gasteiger partial charge in [0.25, 0.3) is 0 Å². The molecule has 1 unspecified atom stereocenters. The molecule has 0 heterocycles. The standard InChI is InChI=1S/C7H17NO2S/c1-3-7(5-6-8)11(9,10)4-2/h7H,3-6,8H2,1-2H3. The van der Waals surface area contributed by atoms with Crippen molar-refractivity contribution < 1.29 is 8.42 Å². The predicted molar refractivity (Wildman–Crippen MR) is 47.2 cm³/mol. The van der Waals surface area contributed by atoms with Crippen LogP contribution in [0.15, 0.2) is 0 Å². The van der Waals surface area contributed by atoms with Gasteiger partial charge in [0.15, 0.2) is 9.84 Å². The van der Waals surface area contributed by atoms with Crippen molar-refractivity contribution in [3.8, 4) is 0 Å². The summed E-state index contributed by atoms with van der Waals surface area (Å²) in [7, 11) is -2.85. The van der Waals surface area contributed by atoms with Gasteiger partial charge in [0.05, 0.1) is 5.25 Å². The van der Waals surface area contributed by atoms with Gasteiger partial charge in [-0.2, -0.15) is 0 Å². The Hall–Kier alpha value is -0.0900. The Kier molecular flexibility index (Phi) is 4.68. The lowest BCUT2D eigenvalue weighted by Gasteiger charge is -2.12. The van der Waals surface area contributed by atoms with Crippen LogP contribution in [0.3, 0.4) is 0 Å². The first-order valence-corrected chi connectivity index (χ1v) is 5.71. The normalized spacial score (nSPS) is 14.8. The highest BCUT2D eigenvalue weighted by atomic mass is 32.2. The molecular weight excluding hydrogens is 162 g/mol. The van der Waals surface area contributed by atoms with E-state index in [2.05, 4.69) is 0 Å². The minimum absolute atomic E-state index is 0.225. The Morgan fingerprint density at radius 3 is 2.18 bits per heavy atom. The van der Waals surface area contributed by atoms with Crippen LogP contribution in [-0.2, 0) is 9.84 Å². The quantitative estimate of drug-likeness (QED) is 0.670. The molecule has 0 aromatic rings. The molecule has 0 radical (unpaired) electrons. The van der Waals surface area contributed by atoms with Crippen molar-refractivity contribution in [2.45, 2.75) is 31.9 Å². The molecule has 0 rings (SSSR count). The Morgan fingerprint density at radius 1 is 1.36 bits per heavy atom. The van der Waals surface area contributed by atoms with Gasteiger partial charge < -0.3 is 5.73 Å². The molecule has 0 aliphatic rings. The molecule has 1 atom stereocenters. The van der Waals surface area contributed by atoms with Gasteiger partial charge in [0, 0.05) is 5.75 Å². The zero-order valence-electron chi connectivity index (χ0n) is 7.21. The number of hydrogen-bond acceptors (Lipinski definition) is 3. The van der Waals surface area contributed by atoms with Gasteiger partial charge in [-0.3, -0.25) is 0 Å². The van der Waals surface area contributed by atoms with E-state index in [1.807, 2.05) is 6.92 Å². The lowest BCUT2D eigenvalue weighted by atomic mass is 10.2. The first kappa shape index (κ1) is 10.9. The minimum atomic E-state index is -2.85. The van der Waals surface area contributed by atoms with Gasteiger partial charge in [-0.25, -0.2) is 8.42 Å². The second-order valence-electron chi connectivity index (χ2n) is 2.56. The maximum atomic E-state index is 11.3. The fraction of sp³-hybridized carbons (Fsp3) is 1.00. The lowest BCUT2D eigenvalue weighted by Crippen LogP contribution is -2.25. The van der Waals surface area contributed by atoms with Crippen LogP contribution in [0.5, 0.6) is 0 Å². The maximum Gasteiger partial charge on any atom is 0.152 e. The van der Waals surface area contributed by atoms with E-state index in [1.165, 1.54) is 0 Å². The molecule has 2 N–H and O–H groups in total. The van der Waals surface area contributed by atoms with E-state index in [1.54, 1.807) is 6.92 Å². The number of hydrogen-bond donors (Lipinski definition) is 1. The van der Waals surface area contributed by atoms with Gasteiger partial charge in [-0.05, 0) is 19.4 Å². The summed E-state index contributed by atoms with van der Waals surface area (Å²) in [6.45, 7) is 4.01. The molecule has 0 aromatic heterocycles. The highest BCUT2D eigenvalue weighted by molar-refractivity contribution is 7.91. The first-order valence-electron chi connectivity index (χ1n) is 4.00. The van der Waals surface area contributed by atoms with Crippen molar-refractivity contribution >= 4 is 9.84 Å². The highest BCUT2D eigenvalue weighted by Crippen LogP contribution is 2.09. The van der Waals surface area contributed by atoms with E-state index in [-0.39, 0.29) is 11.0 Å². The average Bonchev–Trinajstić information content (AvgIpc) is 2.00. The Bertz CT molecular complexity index is 187. The topological polar surface area (TPSA) is 60.2 Å². The predicted octanol–water partition coefficient (Wildman–Crippen LogP) is 0.549. The molecule has 11 heavy (non-hydrogen) atoms. The summed E-state index contributed by atoms with van der Waals surface area (Å²) >= 11 is 0. The third kappa shape index (κ3) is 3.20. The van der Waals surface area contributed by atoms with E-state index in [0.29, 0.717) is 19.4 Å². The average molecular weight is 179 g/mol. The summed E-state index contributed by atoms with van der Waals surface area (Å²) in [4.78, 5) is 0. The van der Waals surface area contributed by atoms with Crippen LogP contribution in [0.1, 0.15) is 26.7 Å². The fourth-order valence-corrected chi connectivity index (χ4v) is 2.53. The van der Waals surface area contributed by atoms with E-state index < -0.39 is 9.84 Å². The van der Waals surface area contributed by atoms with Crippen molar-refractivity contribution in [1.82, 2.24) is 0 Å². The van der Waals surface area contributed by atoms with Crippen molar-refractivity contribution in [3.63, 3.8) is 0 Å². The minimum Gasteiger partial charge on any atom is -0.330 e. The van der Waals surface area contributed by atoms with Crippen molar-refractivity contribution in [2.75, 3.05) is 12.3 Å². The fourth-order valence-electron chi connectivity index (χ4n) is 1.06. The van der Waals surface area contributed by atoms with Gasteiger partial charge >= 0.3 is 0 Å². The maximum absolute atomic E-state index is 11.3. The van der Waals surface area contributed by atoms with Crippen LogP contribution >= 0.6 is 0 Å². The SMILES string of the molecule is CCC(CCN)S(=O)(=O)CC. The molecule has 0 aliphatic heterocycles. The second-order valence-corrected chi connectivity index (χ2v) is 5.13. The lowest BCUT2D eigenvalue weighted by molar-refractivity contribution is 0.569.